The van der Waals surface area contributed by atoms with Crippen molar-refractivity contribution in [2.75, 3.05) is 0 Å². The van der Waals surface area contributed by atoms with E-state index in [1.807, 2.05) is 0 Å². The zero-order valence-electron chi connectivity index (χ0n) is 24.8. The molecule has 0 aliphatic carbocycles. The molecule has 2 heteroatoms. The van der Waals surface area contributed by atoms with Gasteiger partial charge in [-0.25, -0.2) is 9.13 Å². The molecular weight excluding hydrogens is 424 g/mol. The van der Waals surface area contributed by atoms with E-state index in [1.165, 1.54) is 161 Å². The fraction of sp³-hybridized carbons (Fsp3) is 0.909. The van der Waals surface area contributed by atoms with Crippen molar-refractivity contribution in [2.24, 2.45) is 0 Å². The molecule has 2 nitrogen and oxygen atoms in total. The molecule has 0 bridgehead atoms. The first-order valence-electron chi connectivity index (χ1n) is 16.3. The van der Waals surface area contributed by atoms with Crippen molar-refractivity contribution in [2.45, 2.75) is 194 Å². The summed E-state index contributed by atoms with van der Waals surface area (Å²) in [5, 5.41) is 0. The topological polar surface area (TPSA) is 8.81 Å². The van der Waals surface area contributed by atoms with E-state index in [0.717, 1.165) is 0 Å². The lowest BCUT2D eigenvalue weighted by molar-refractivity contribution is -0.704. The maximum Gasteiger partial charge on any atom is 0.256 e. The Hall–Kier alpha value is -0.790. The van der Waals surface area contributed by atoms with Gasteiger partial charge in [0.15, 0.2) is 0 Å². The molecule has 0 saturated heterocycles. The summed E-state index contributed by atoms with van der Waals surface area (Å²) >= 11 is 0. The average molecular weight is 490 g/mol. The van der Waals surface area contributed by atoms with Crippen LogP contribution in [-0.2, 0) is 13.0 Å². The van der Waals surface area contributed by atoms with Crippen molar-refractivity contribution in [3.05, 3.63) is 18.2 Å². The normalized spacial score (nSPS) is 11.7. The lowest BCUT2D eigenvalue weighted by Crippen LogP contribution is -2.37. The van der Waals surface area contributed by atoms with E-state index in [1.54, 1.807) is 5.82 Å². The number of aromatic nitrogens is 2. The van der Waals surface area contributed by atoms with E-state index in [-0.39, 0.29) is 0 Å². The Kier molecular flexibility index (Phi) is 21.7. The zero-order chi connectivity index (χ0) is 25.4. The number of hydrogen-bond donors (Lipinski definition) is 0. The van der Waals surface area contributed by atoms with Gasteiger partial charge in [-0.2, -0.15) is 0 Å². The lowest BCUT2D eigenvalue weighted by atomic mass is 10.0. The quantitative estimate of drug-likeness (QED) is 0.0903. The van der Waals surface area contributed by atoms with Gasteiger partial charge >= 0.3 is 0 Å². The molecule has 1 rings (SSSR count). The minimum atomic E-state index is 0.571. The molecular formula is C33H65N2+. The largest absolute Gasteiger partial charge is 0.256 e. The van der Waals surface area contributed by atoms with Crippen LogP contribution in [0.2, 0.25) is 0 Å². The zero-order valence-corrected chi connectivity index (χ0v) is 24.8. The minimum Gasteiger partial charge on any atom is -0.234 e. The van der Waals surface area contributed by atoms with Gasteiger partial charge < -0.3 is 0 Å². The van der Waals surface area contributed by atoms with Gasteiger partial charge in [0.05, 0.1) is 12.6 Å². The maximum absolute atomic E-state index is 2.57. The molecule has 0 aromatic carbocycles. The molecule has 0 atom stereocenters. The molecule has 0 aliphatic heterocycles. The van der Waals surface area contributed by atoms with Crippen molar-refractivity contribution in [1.82, 2.24) is 4.57 Å². The second-order valence-electron chi connectivity index (χ2n) is 11.6. The third-order valence-corrected chi connectivity index (χ3v) is 7.85. The fourth-order valence-corrected chi connectivity index (χ4v) is 5.49. The maximum atomic E-state index is 2.57. The second-order valence-corrected chi connectivity index (χ2v) is 11.6. The molecule has 1 aromatic rings. The SMILES string of the molecule is CCCCCCCCCCCCCCCCC[n+]1ccn(C(C)C)c1CCCCCCCCCC. The molecule has 35 heavy (non-hydrogen) atoms. The van der Waals surface area contributed by atoms with Gasteiger partial charge in [0.2, 0.25) is 0 Å². The molecule has 0 unspecified atom stereocenters. The van der Waals surface area contributed by atoms with Crippen LogP contribution in [0.5, 0.6) is 0 Å². The highest BCUT2D eigenvalue weighted by atomic mass is 15.2. The highest BCUT2D eigenvalue weighted by molar-refractivity contribution is 4.86. The summed E-state index contributed by atoms with van der Waals surface area (Å²) in [6.07, 6.45) is 38.8. The number of hydrogen-bond acceptors (Lipinski definition) is 0. The standard InChI is InChI=1S/C33H65N2/c1-5-7-9-11-13-15-16-17-18-19-20-21-23-25-27-29-34-30-31-35(32(3)4)33(34)28-26-24-22-14-12-10-8-6-2/h30-32H,5-29H2,1-4H3/q+1. The summed E-state index contributed by atoms with van der Waals surface area (Å²) in [6, 6.07) is 0.571. The summed E-state index contributed by atoms with van der Waals surface area (Å²) in [5.41, 5.74) is 0. The van der Waals surface area contributed by atoms with Crippen molar-refractivity contribution < 1.29 is 4.57 Å². The fourth-order valence-electron chi connectivity index (χ4n) is 5.49. The van der Waals surface area contributed by atoms with Gasteiger partial charge in [-0.05, 0) is 33.1 Å². The average Bonchev–Trinajstić information content (AvgIpc) is 3.26. The minimum absolute atomic E-state index is 0.571. The van der Waals surface area contributed by atoms with Crippen molar-refractivity contribution in [3.8, 4) is 0 Å². The van der Waals surface area contributed by atoms with Crippen LogP contribution in [-0.4, -0.2) is 4.57 Å². The summed E-state index contributed by atoms with van der Waals surface area (Å²) < 4.78 is 5.09. The predicted molar refractivity (Wildman–Crippen MR) is 156 cm³/mol. The Morgan fingerprint density at radius 2 is 0.914 bits per heavy atom. The molecule has 1 heterocycles. The highest BCUT2D eigenvalue weighted by Crippen LogP contribution is 2.15. The van der Waals surface area contributed by atoms with Gasteiger partial charge in [0.25, 0.3) is 5.82 Å². The van der Waals surface area contributed by atoms with Crippen molar-refractivity contribution in [1.29, 1.82) is 0 Å². The second kappa shape index (κ2) is 23.6. The molecule has 0 amide bonds. The van der Waals surface area contributed by atoms with Crippen molar-refractivity contribution in [3.63, 3.8) is 0 Å². The number of unbranched alkanes of at least 4 members (excludes halogenated alkanes) is 21. The van der Waals surface area contributed by atoms with Crippen LogP contribution < -0.4 is 4.57 Å². The van der Waals surface area contributed by atoms with E-state index in [0.29, 0.717) is 6.04 Å². The Labute approximate surface area is 221 Å². The number of rotatable bonds is 26. The molecule has 206 valence electrons. The van der Waals surface area contributed by atoms with E-state index < -0.39 is 0 Å². The van der Waals surface area contributed by atoms with Crippen LogP contribution >= 0.6 is 0 Å². The van der Waals surface area contributed by atoms with E-state index >= 15 is 0 Å². The monoisotopic (exact) mass is 490 g/mol. The van der Waals surface area contributed by atoms with Gasteiger partial charge in [-0.15, -0.1) is 0 Å². The van der Waals surface area contributed by atoms with Crippen LogP contribution in [0.25, 0.3) is 0 Å². The predicted octanol–water partition coefficient (Wildman–Crippen LogP) is 10.9. The first-order chi connectivity index (χ1) is 17.2. The van der Waals surface area contributed by atoms with Gasteiger partial charge in [0, 0.05) is 6.42 Å². The Morgan fingerprint density at radius 1 is 0.543 bits per heavy atom. The van der Waals surface area contributed by atoms with Crippen LogP contribution in [0, 0.1) is 0 Å². The van der Waals surface area contributed by atoms with Gasteiger partial charge in [0.1, 0.15) is 12.4 Å². The third-order valence-electron chi connectivity index (χ3n) is 7.85. The summed E-state index contributed by atoms with van der Waals surface area (Å²) in [4.78, 5) is 0. The molecule has 0 saturated carbocycles. The highest BCUT2D eigenvalue weighted by Gasteiger charge is 2.18. The first-order valence-corrected chi connectivity index (χ1v) is 16.3. The van der Waals surface area contributed by atoms with Gasteiger partial charge in [-0.1, -0.05) is 142 Å². The molecule has 1 aromatic heterocycles. The lowest BCUT2D eigenvalue weighted by Gasteiger charge is -2.08. The Balaban J connectivity index is 2.08. The number of aryl methyl sites for hydroxylation is 1. The Bertz CT molecular complexity index is 559. The summed E-state index contributed by atoms with van der Waals surface area (Å²) in [7, 11) is 0. The summed E-state index contributed by atoms with van der Waals surface area (Å²) in [6.45, 7) is 10.5. The van der Waals surface area contributed by atoms with Crippen LogP contribution in [0.15, 0.2) is 12.4 Å². The first kappa shape index (κ1) is 32.2. The molecule has 0 N–H and O–H groups in total. The number of imidazole rings is 1. The van der Waals surface area contributed by atoms with Crippen LogP contribution in [0.3, 0.4) is 0 Å². The van der Waals surface area contributed by atoms with Crippen LogP contribution in [0.4, 0.5) is 0 Å². The van der Waals surface area contributed by atoms with Crippen LogP contribution in [0.1, 0.15) is 187 Å². The Morgan fingerprint density at radius 3 is 1.31 bits per heavy atom. The third kappa shape index (κ3) is 17.3. The van der Waals surface area contributed by atoms with Gasteiger partial charge in [-0.3, -0.25) is 0 Å². The molecule has 0 spiro atoms. The van der Waals surface area contributed by atoms with E-state index in [4.69, 9.17) is 0 Å². The van der Waals surface area contributed by atoms with E-state index in [9.17, 15) is 0 Å². The molecule has 0 radical (unpaired) electrons. The molecule has 0 aliphatic rings. The molecule has 0 fully saturated rings. The van der Waals surface area contributed by atoms with E-state index in [2.05, 4.69) is 49.2 Å². The number of nitrogens with zero attached hydrogens (tertiary/aromatic N) is 2. The summed E-state index contributed by atoms with van der Waals surface area (Å²) in [5.74, 6) is 1.57. The smallest absolute Gasteiger partial charge is 0.234 e. The van der Waals surface area contributed by atoms with Crippen molar-refractivity contribution >= 4 is 0 Å².